The fraction of sp³-hybridized carbons (Fsp3) is 0.286. The molecule has 154 valence electrons. The molecular formula is C21H22BrNO6. The van der Waals surface area contributed by atoms with E-state index in [9.17, 15) is 25.4 Å². The Morgan fingerprint density at radius 2 is 1.93 bits per heavy atom. The van der Waals surface area contributed by atoms with Crippen LogP contribution in [-0.4, -0.2) is 34.0 Å². The monoisotopic (exact) mass is 463 g/mol. The standard InChI is InChI=1S/C21H22BrNO6/c1-29-13-14(11-21(26)15-5-8-17(9-6-15)23(27)28)3-2-4-19(24)18-12-16(22)7-10-20(18)25/h2,5-10,12,19,21,24-26H,4,11,13H2,1H3/t3?,19-,21-/m1/s1. The van der Waals surface area contributed by atoms with Gasteiger partial charge in [-0.2, -0.15) is 0 Å². The number of nitro benzene ring substituents is 1. The Morgan fingerprint density at radius 3 is 2.55 bits per heavy atom. The molecule has 0 aliphatic rings. The molecular weight excluding hydrogens is 442 g/mol. The van der Waals surface area contributed by atoms with Crippen molar-refractivity contribution >= 4 is 21.6 Å². The molecule has 2 atom stereocenters. The molecule has 2 aromatic carbocycles. The van der Waals surface area contributed by atoms with Crippen LogP contribution >= 0.6 is 15.9 Å². The van der Waals surface area contributed by atoms with Crippen molar-refractivity contribution in [2.75, 3.05) is 13.7 Å². The van der Waals surface area contributed by atoms with E-state index >= 15 is 0 Å². The van der Waals surface area contributed by atoms with E-state index in [-0.39, 0.29) is 30.9 Å². The van der Waals surface area contributed by atoms with Gasteiger partial charge < -0.3 is 20.1 Å². The first-order valence-corrected chi connectivity index (χ1v) is 9.61. The molecule has 8 heteroatoms. The lowest BCUT2D eigenvalue weighted by atomic mass is 10.0. The van der Waals surface area contributed by atoms with Gasteiger partial charge in [-0.05, 0) is 47.5 Å². The second-order valence-electron chi connectivity index (χ2n) is 6.41. The predicted molar refractivity (Wildman–Crippen MR) is 112 cm³/mol. The molecule has 0 unspecified atom stereocenters. The highest BCUT2D eigenvalue weighted by molar-refractivity contribution is 9.10. The molecule has 29 heavy (non-hydrogen) atoms. The molecule has 0 heterocycles. The zero-order chi connectivity index (χ0) is 21.4. The van der Waals surface area contributed by atoms with Gasteiger partial charge in [0.25, 0.3) is 5.69 Å². The van der Waals surface area contributed by atoms with Crippen LogP contribution in [0.2, 0.25) is 0 Å². The normalized spacial score (nSPS) is 12.7. The quantitative estimate of drug-likeness (QED) is 0.289. The van der Waals surface area contributed by atoms with E-state index in [1.165, 1.54) is 37.4 Å². The van der Waals surface area contributed by atoms with Crippen LogP contribution in [0, 0.1) is 10.1 Å². The number of aliphatic hydroxyl groups excluding tert-OH is 2. The SMILES string of the molecule is COCC(=C=CC[C@@H](O)c1cc(Br)ccc1O)C[C@@H](O)c1ccc([N+](=O)[O-])cc1. The Balaban J connectivity index is 2.09. The summed E-state index contributed by atoms with van der Waals surface area (Å²) in [5.41, 5.74) is 4.60. The minimum Gasteiger partial charge on any atom is -0.508 e. The number of nitro groups is 1. The van der Waals surface area contributed by atoms with Crippen LogP contribution in [-0.2, 0) is 4.74 Å². The number of nitrogens with zero attached hydrogens (tertiary/aromatic N) is 1. The van der Waals surface area contributed by atoms with Gasteiger partial charge >= 0.3 is 0 Å². The van der Waals surface area contributed by atoms with Gasteiger partial charge in [0.15, 0.2) is 0 Å². The largest absolute Gasteiger partial charge is 0.508 e. The van der Waals surface area contributed by atoms with Gasteiger partial charge in [-0.25, -0.2) is 0 Å². The van der Waals surface area contributed by atoms with Gasteiger partial charge in [-0.15, -0.1) is 5.73 Å². The third kappa shape index (κ3) is 6.81. The second kappa shape index (κ2) is 10.9. The second-order valence-corrected chi connectivity index (χ2v) is 7.32. The number of benzene rings is 2. The van der Waals surface area contributed by atoms with Crippen molar-refractivity contribution in [2.45, 2.75) is 25.0 Å². The van der Waals surface area contributed by atoms with Crippen molar-refractivity contribution in [1.82, 2.24) is 0 Å². The van der Waals surface area contributed by atoms with Crippen molar-refractivity contribution in [3.05, 3.63) is 85.6 Å². The third-order valence-electron chi connectivity index (χ3n) is 4.24. The average Bonchev–Trinajstić information content (AvgIpc) is 2.69. The maximum atomic E-state index is 10.7. The zero-order valence-electron chi connectivity index (χ0n) is 15.8. The minimum atomic E-state index is -0.914. The van der Waals surface area contributed by atoms with E-state index in [1.54, 1.807) is 18.2 Å². The van der Waals surface area contributed by atoms with Gasteiger partial charge in [0.2, 0.25) is 0 Å². The van der Waals surface area contributed by atoms with Crippen molar-refractivity contribution < 1.29 is 25.0 Å². The number of hydrogen-bond donors (Lipinski definition) is 3. The molecule has 0 aromatic heterocycles. The van der Waals surface area contributed by atoms with E-state index in [4.69, 9.17) is 4.74 Å². The summed E-state index contributed by atoms with van der Waals surface area (Å²) in [4.78, 5) is 10.2. The maximum Gasteiger partial charge on any atom is 0.269 e. The van der Waals surface area contributed by atoms with E-state index in [0.29, 0.717) is 16.7 Å². The van der Waals surface area contributed by atoms with Gasteiger partial charge in [0.1, 0.15) is 5.75 Å². The van der Waals surface area contributed by atoms with E-state index in [1.807, 2.05) is 0 Å². The maximum absolute atomic E-state index is 10.7. The van der Waals surface area contributed by atoms with Crippen molar-refractivity contribution in [2.24, 2.45) is 0 Å². The number of methoxy groups -OCH3 is 1. The average molecular weight is 464 g/mol. The lowest BCUT2D eigenvalue weighted by molar-refractivity contribution is -0.384. The molecule has 7 nitrogen and oxygen atoms in total. The molecule has 3 N–H and O–H groups in total. The molecule has 0 saturated heterocycles. The number of aliphatic hydroxyl groups is 2. The van der Waals surface area contributed by atoms with E-state index in [2.05, 4.69) is 21.7 Å². The van der Waals surface area contributed by atoms with Gasteiger partial charge in [0.05, 0.1) is 23.7 Å². The lowest BCUT2D eigenvalue weighted by Crippen LogP contribution is -2.03. The Morgan fingerprint density at radius 1 is 1.24 bits per heavy atom. The van der Waals surface area contributed by atoms with Crippen LogP contribution in [0.25, 0.3) is 0 Å². The lowest BCUT2D eigenvalue weighted by Gasteiger charge is -2.12. The molecule has 0 spiro atoms. The number of phenols is 1. The van der Waals surface area contributed by atoms with Crippen molar-refractivity contribution in [1.29, 1.82) is 0 Å². The fourth-order valence-corrected chi connectivity index (χ4v) is 3.12. The third-order valence-corrected chi connectivity index (χ3v) is 4.74. The molecule has 0 fully saturated rings. The van der Waals surface area contributed by atoms with E-state index in [0.717, 1.165) is 4.47 Å². The zero-order valence-corrected chi connectivity index (χ0v) is 17.4. The summed E-state index contributed by atoms with van der Waals surface area (Å²) in [6.07, 6.45) is 0.275. The van der Waals surface area contributed by atoms with Crippen LogP contribution in [0.3, 0.4) is 0 Å². The summed E-state index contributed by atoms with van der Waals surface area (Å²) in [5.74, 6) is 0.00351. The number of ether oxygens (including phenoxy) is 1. The minimum absolute atomic E-state index is 0.00351. The number of non-ortho nitro benzene ring substituents is 1. The van der Waals surface area contributed by atoms with Gasteiger partial charge in [-0.1, -0.05) is 15.9 Å². The Bertz CT molecular complexity index is 906. The summed E-state index contributed by atoms with van der Waals surface area (Å²) in [7, 11) is 1.52. The Kier molecular flexibility index (Phi) is 8.57. The first-order valence-electron chi connectivity index (χ1n) is 8.82. The first kappa shape index (κ1) is 22.8. The van der Waals surface area contributed by atoms with Crippen LogP contribution in [0.5, 0.6) is 5.75 Å². The predicted octanol–water partition coefficient (Wildman–Crippen LogP) is 4.34. The molecule has 0 radical (unpaired) electrons. The number of phenolic OH excluding ortho intramolecular Hbond substituents is 1. The van der Waals surface area contributed by atoms with Crippen LogP contribution in [0.1, 0.15) is 36.2 Å². The van der Waals surface area contributed by atoms with E-state index < -0.39 is 17.1 Å². The molecule has 0 saturated carbocycles. The van der Waals surface area contributed by atoms with Crippen LogP contribution < -0.4 is 0 Å². The Labute approximate surface area is 176 Å². The fourth-order valence-electron chi connectivity index (χ4n) is 2.74. The number of halogens is 1. The Hall–Kier alpha value is -2.48. The summed E-state index contributed by atoms with van der Waals surface area (Å²) in [6, 6.07) is 10.5. The highest BCUT2D eigenvalue weighted by Crippen LogP contribution is 2.29. The van der Waals surface area contributed by atoms with Crippen LogP contribution in [0.4, 0.5) is 5.69 Å². The smallest absolute Gasteiger partial charge is 0.269 e. The van der Waals surface area contributed by atoms with Gasteiger partial charge in [-0.3, -0.25) is 10.1 Å². The number of hydrogen-bond acceptors (Lipinski definition) is 6. The first-order chi connectivity index (χ1) is 13.8. The summed E-state index contributed by atoms with van der Waals surface area (Å²) in [6.45, 7) is 0.235. The summed E-state index contributed by atoms with van der Waals surface area (Å²) in [5, 5.41) is 41.3. The topological polar surface area (TPSA) is 113 Å². The molecule has 0 aliphatic carbocycles. The van der Waals surface area contributed by atoms with Crippen molar-refractivity contribution in [3.63, 3.8) is 0 Å². The highest BCUT2D eigenvalue weighted by Gasteiger charge is 2.14. The number of aromatic hydroxyl groups is 1. The highest BCUT2D eigenvalue weighted by atomic mass is 79.9. The number of rotatable bonds is 9. The molecule has 2 aromatic rings. The van der Waals surface area contributed by atoms with Crippen LogP contribution in [0.15, 0.2) is 64.3 Å². The van der Waals surface area contributed by atoms with Crippen molar-refractivity contribution in [3.8, 4) is 5.75 Å². The molecule has 0 bridgehead atoms. The van der Waals surface area contributed by atoms with Gasteiger partial charge in [0, 0.05) is 42.1 Å². The summed E-state index contributed by atoms with van der Waals surface area (Å²) >= 11 is 3.30. The summed E-state index contributed by atoms with van der Waals surface area (Å²) < 4.78 is 5.89. The molecule has 0 amide bonds. The molecule has 0 aliphatic heterocycles. The molecule has 2 rings (SSSR count).